The highest BCUT2D eigenvalue weighted by molar-refractivity contribution is 5.85. The third kappa shape index (κ3) is 4.69. The molecule has 134 valence electrons. The first-order valence-corrected chi connectivity index (χ1v) is 9.14. The molecule has 0 unspecified atom stereocenters. The lowest BCUT2D eigenvalue weighted by Gasteiger charge is -2.17. The van der Waals surface area contributed by atoms with Gasteiger partial charge in [0.1, 0.15) is 17.4 Å². The second kappa shape index (κ2) is 8.30. The predicted octanol–water partition coefficient (Wildman–Crippen LogP) is 3.51. The van der Waals surface area contributed by atoms with Crippen molar-refractivity contribution in [3.63, 3.8) is 0 Å². The maximum absolute atomic E-state index is 10.7. The Hall–Kier alpha value is -2.14. The normalized spacial score (nSPS) is 17.9. The maximum atomic E-state index is 10.7. The number of ether oxygens (including phenoxy) is 1. The molecule has 1 aliphatic heterocycles. The summed E-state index contributed by atoms with van der Waals surface area (Å²) in [7, 11) is 0. The molecule has 3 rings (SSSR count). The molecule has 0 spiro atoms. The van der Waals surface area contributed by atoms with Crippen molar-refractivity contribution in [2.75, 3.05) is 19.6 Å². The maximum Gasteiger partial charge on any atom is 0.304 e. The summed E-state index contributed by atoms with van der Waals surface area (Å²) >= 11 is 0. The predicted molar refractivity (Wildman–Crippen MR) is 98.1 cm³/mol. The zero-order valence-corrected chi connectivity index (χ0v) is 14.8. The lowest BCUT2D eigenvalue weighted by Crippen LogP contribution is -2.27. The largest absolute Gasteiger partial charge is 0.487 e. The molecule has 1 aromatic heterocycles. The minimum atomic E-state index is -0.747. The lowest BCUT2D eigenvalue weighted by molar-refractivity contribution is -0.137. The molecule has 1 atom stereocenters. The van der Waals surface area contributed by atoms with Crippen LogP contribution in [0.4, 0.5) is 0 Å². The average molecular weight is 342 g/mol. The van der Waals surface area contributed by atoms with Gasteiger partial charge in [-0.3, -0.25) is 14.7 Å². The van der Waals surface area contributed by atoms with E-state index in [4.69, 9.17) is 9.84 Å². The van der Waals surface area contributed by atoms with E-state index in [2.05, 4.69) is 35.0 Å². The fourth-order valence-electron chi connectivity index (χ4n) is 3.36. The van der Waals surface area contributed by atoms with Crippen LogP contribution in [0.1, 0.15) is 38.2 Å². The van der Waals surface area contributed by atoms with Crippen LogP contribution in [-0.2, 0) is 11.2 Å². The molecule has 1 aromatic carbocycles. The number of aromatic nitrogens is 1. The van der Waals surface area contributed by atoms with Crippen LogP contribution in [0.5, 0.6) is 5.75 Å². The summed E-state index contributed by atoms with van der Waals surface area (Å²) in [4.78, 5) is 17.4. The molecule has 1 aliphatic rings. The fraction of sp³-hybridized carbons (Fsp3) is 0.500. The van der Waals surface area contributed by atoms with Gasteiger partial charge in [-0.1, -0.05) is 19.4 Å². The van der Waals surface area contributed by atoms with E-state index in [0.717, 1.165) is 49.0 Å². The summed E-state index contributed by atoms with van der Waals surface area (Å²) in [6.07, 6.45) is 6.39. The van der Waals surface area contributed by atoms with Crippen molar-refractivity contribution in [3.05, 3.63) is 36.0 Å². The van der Waals surface area contributed by atoms with E-state index in [0.29, 0.717) is 6.54 Å². The summed E-state index contributed by atoms with van der Waals surface area (Å²) in [5.74, 6) is 0.109. The molecule has 5 nitrogen and oxygen atoms in total. The molecule has 1 fully saturated rings. The van der Waals surface area contributed by atoms with Gasteiger partial charge in [-0.05, 0) is 43.0 Å². The van der Waals surface area contributed by atoms with Gasteiger partial charge in [0.05, 0.1) is 6.42 Å². The van der Waals surface area contributed by atoms with Crippen LogP contribution in [-0.4, -0.2) is 46.7 Å². The topological polar surface area (TPSA) is 62.7 Å². The number of aliphatic carboxylic acids is 1. The van der Waals surface area contributed by atoms with Crippen LogP contribution in [0.3, 0.4) is 0 Å². The average Bonchev–Trinajstić information content (AvgIpc) is 3.05. The Labute approximate surface area is 148 Å². The molecule has 0 radical (unpaired) electrons. The molecule has 5 heteroatoms. The monoisotopic (exact) mass is 342 g/mol. The highest BCUT2D eigenvalue weighted by atomic mass is 16.5. The third-order valence-corrected chi connectivity index (χ3v) is 4.71. The Morgan fingerprint density at radius 3 is 3.12 bits per heavy atom. The van der Waals surface area contributed by atoms with Crippen LogP contribution in [0.25, 0.3) is 10.9 Å². The molecule has 0 saturated carbocycles. The van der Waals surface area contributed by atoms with Crippen molar-refractivity contribution in [3.8, 4) is 5.75 Å². The van der Waals surface area contributed by atoms with Crippen molar-refractivity contribution in [2.45, 2.75) is 45.1 Å². The first-order chi connectivity index (χ1) is 12.2. The number of likely N-dealkylation sites (tertiary alicyclic amines) is 1. The molecule has 2 heterocycles. The number of benzene rings is 1. The Balaban J connectivity index is 1.73. The van der Waals surface area contributed by atoms with Gasteiger partial charge < -0.3 is 9.84 Å². The molecular weight excluding hydrogens is 316 g/mol. The van der Waals surface area contributed by atoms with E-state index < -0.39 is 5.97 Å². The summed E-state index contributed by atoms with van der Waals surface area (Å²) < 4.78 is 6.29. The van der Waals surface area contributed by atoms with Gasteiger partial charge in [0.15, 0.2) is 0 Å². The fourth-order valence-corrected chi connectivity index (χ4v) is 3.36. The molecular formula is C20H26N2O3. The number of aryl methyl sites for hydroxylation is 1. The van der Waals surface area contributed by atoms with Crippen LogP contribution in [0.15, 0.2) is 30.5 Å². The van der Waals surface area contributed by atoms with Crippen LogP contribution >= 0.6 is 0 Å². The van der Waals surface area contributed by atoms with Crippen LogP contribution in [0.2, 0.25) is 0 Å². The minimum absolute atomic E-state index is 0.0976. The van der Waals surface area contributed by atoms with Gasteiger partial charge in [-0.25, -0.2) is 0 Å². The third-order valence-electron chi connectivity index (χ3n) is 4.71. The number of pyridine rings is 1. The summed E-state index contributed by atoms with van der Waals surface area (Å²) in [6, 6.07) is 8.38. The molecule has 1 N–H and O–H groups in total. The number of carboxylic acid groups (broad SMARTS) is 1. The number of hydrogen-bond donors (Lipinski definition) is 1. The van der Waals surface area contributed by atoms with E-state index in [1.807, 2.05) is 6.07 Å². The van der Waals surface area contributed by atoms with E-state index in [9.17, 15) is 4.79 Å². The Morgan fingerprint density at radius 2 is 2.32 bits per heavy atom. The van der Waals surface area contributed by atoms with Gasteiger partial charge in [0.25, 0.3) is 0 Å². The van der Waals surface area contributed by atoms with Crippen molar-refractivity contribution in [2.24, 2.45) is 0 Å². The first-order valence-electron chi connectivity index (χ1n) is 9.14. The smallest absolute Gasteiger partial charge is 0.304 e. The lowest BCUT2D eigenvalue weighted by atomic mass is 10.0. The Kier molecular flexibility index (Phi) is 5.87. The SMILES string of the molecule is CCCCc1cc(O[C@@H]2CCN(CCC(=O)O)C2)c2ncccc2c1. The standard InChI is InChI=1S/C20H26N2O3/c1-2-3-5-15-12-16-6-4-9-21-20(16)18(13-15)25-17-7-10-22(14-17)11-8-19(23)24/h4,6,9,12-13,17H,2-3,5,7-8,10-11,14H2,1H3,(H,23,24)/t17-/m1/s1. The van der Waals surface area contributed by atoms with E-state index in [1.165, 1.54) is 12.0 Å². The molecule has 1 saturated heterocycles. The van der Waals surface area contributed by atoms with Gasteiger partial charge in [-0.15, -0.1) is 0 Å². The van der Waals surface area contributed by atoms with Gasteiger partial charge >= 0.3 is 5.97 Å². The Morgan fingerprint density at radius 1 is 1.44 bits per heavy atom. The van der Waals surface area contributed by atoms with Crippen LogP contribution in [0, 0.1) is 0 Å². The van der Waals surface area contributed by atoms with Gasteiger partial charge in [0, 0.05) is 31.2 Å². The van der Waals surface area contributed by atoms with Gasteiger partial charge in [-0.2, -0.15) is 0 Å². The number of carboxylic acids is 1. The molecule has 2 aromatic rings. The number of rotatable bonds is 8. The molecule has 0 aliphatic carbocycles. The molecule has 0 amide bonds. The van der Waals surface area contributed by atoms with Crippen molar-refractivity contribution in [1.29, 1.82) is 0 Å². The molecule has 0 bridgehead atoms. The van der Waals surface area contributed by atoms with Crippen LogP contribution < -0.4 is 4.74 Å². The second-order valence-corrected chi connectivity index (χ2v) is 6.75. The summed E-state index contributed by atoms with van der Waals surface area (Å²) in [5, 5.41) is 9.95. The van der Waals surface area contributed by atoms with Crippen molar-refractivity contribution < 1.29 is 14.6 Å². The zero-order chi connectivity index (χ0) is 17.6. The quantitative estimate of drug-likeness (QED) is 0.795. The number of fused-ring (bicyclic) bond motifs is 1. The summed E-state index contributed by atoms with van der Waals surface area (Å²) in [5.41, 5.74) is 2.20. The van der Waals surface area contributed by atoms with E-state index >= 15 is 0 Å². The first kappa shape index (κ1) is 17.7. The van der Waals surface area contributed by atoms with E-state index in [1.54, 1.807) is 6.20 Å². The highest BCUT2D eigenvalue weighted by Gasteiger charge is 2.25. The number of carbonyl (C=O) groups is 1. The number of hydrogen-bond acceptors (Lipinski definition) is 4. The minimum Gasteiger partial charge on any atom is -0.487 e. The second-order valence-electron chi connectivity index (χ2n) is 6.75. The number of nitrogens with zero attached hydrogens (tertiary/aromatic N) is 2. The van der Waals surface area contributed by atoms with E-state index in [-0.39, 0.29) is 12.5 Å². The molecule has 25 heavy (non-hydrogen) atoms. The number of unbranched alkanes of at least 4 members (excludes halogenated alkanes) is 1. The van der Waals surface area contributed by atoms with Crippen molar-refractivity contribution in [1.82, 2.24) is 9.88 Å². The Bertz CT molecular complexity index is 732. The highest BCUT2D eigenvalue weighted by Crippen LogP contribution is 2.29. The van der Waals surface area contributed by atoms with Crippen molar-refractivity contribution >= 4 is 16.9 Å². The van der Waals surface area contributed by atoms with Gasteiger partial charge in [0.2, 0.25) is 0 Å². The zero-order valence-electron chi connectivity index (χ0n) is 14.8. The summed E-state index contributed by atoms with van der Waals surface area (Å²) in [6.45, 7) is 4.45.